The van der Waals surface area contributed by atoms with Gasteiger partial charge in [0.2, 0.25) is 0 Å². The zero-order valence-electron chi connectivity index (χ0n) is 47.6. The van der Waals surface area contributed by atoms with Crippen molar-refractivity contribution < 1.29 is 25.8 Å². The molecule has 0 spiro atoms. The number of hydrogen-bond donors (Lipinski definition) is 0. The molecular weight excluding hydrogens is 1110 g/mol. The summed E-state index contributed by atoms with van der Waals surface area (Å²) in [6.07, 6.45) is 1.94. The Bertz CT molecular complexity index is 3560. The second-order valence-corrected chi connectivity index (χ2v) is 26.1. The smallest absolute Gasteiger partial charge is 0.135 e. The molecule has 76 heavy (non-hydrogen) atoms. The van der Waals surface area contributed by atoms with E-state index in [1.807, 2.05) is 12.3 Å². The molecule has 0 fully saturated rings. The first-order valence-corrected chi connectivity index (χ1v) is 26.8. The number of pyridine rings is 1. The number of fused-ring (bicyclic) bond motifs is 4. The molecule has 0 aliphatic carbocycles. The van der Waals surface area contributed by atoms with E-state index in [0.29, 0.717) is 11.5 Å². The minimum Gasteiger partial charge on any atom is -0.509 e. The van der Waals surface area contributed by atoms with Gasteiger partial charge in [0.05, 0.1) is 0 Å². The summed E-state index contributed by atoms with van der Waals surface area (Å²) in [6, 6.07) is 63.2. The Hall–Kier alpha value is -6.42. The predicted molar refractivity (Wildman–Crippen MR) is 316 cm³/mol. The van der Waals surface area contributed by atoms with Gasteiger partial charge in [-0.2, -0.15) is 6.07 Å². The molecule has 5 nitrogen and oxygen atoms in total. The summed E-state index contributed by atoms with van der Waals surface area (Å²) in [5.74, 6) is 2.07. The molecule has 6 heteroatoms. The van der Waals surface area contributed by atoms with Crippen LogP contribution in [0.1, 0.15) is 155 Å². The molecule has 0 saturated heterocycles. The van der Waals surface area contributed by atoms with E-state index in [4.69, 9.17) is 9.72 Å². The predicted octanol–water partition coefficient (Wildman–Crippen LogP) is 18.8. The molecule has 9 aromatic rings. The van der Waals surface area contributed by atoms with Gasteiger partial charge in [-0.3, -0.25) is 0 Å². The molecule has 7 aromatic carbocycles. The average Bonchev–Trinajstić information content (AvgIpc) is 3.93. The molecule has 0 unspecified atom stereocenters. The largest absolute Gasteiger partial charge is 0.509 e. The maximum atomic E-state index is 7.04. The Labute approximate surface area is 468 Å². The van der Waals surface area contributed by atoms with E-state index in [9.17, 15) is 0 Å². The van der Waals surface area contributed by atoms with Crippen LogP contribution in [0, 0.1) is 18.8 Å². The van der Waals surface area contributed by atoms with Crippen molar-refractivity contribution in [2.75, 3.05) is 9.80 Å². The fourth-order valence-corrected chi connectivity index (χ4v) is 10.5. The number of aromatic nitrogens is 2. The van der Waals surface area contributed by atoms with Gasteiger partial charge in [-0.25, -0.2) is 4.98 Å². The summed E-state index contributed by atoms with van der Waals surface area (Å²) in [7, 11) is 0. The van der Waals surface area contributed by atoms with E-state index in [0.717, 1.165) is 55.9 Å². The van der Waals surface area contributed by atoms with Crippen LogP contribution in [0.4, 0.5) is 22.7 Å². The summed E-state index contributed by atoms with van der Waals surface area (Å²) >= 11 is 0. The van der Waals surface area contributed by atoms with Crippen LogP contribution in [-0.2, 0) is 53.6 Å². The second kappa shape index (κ2) is 19.5. The van der Waals surface area contributed by atoms with Gasteiger partial charge in [-0.15, -0.1) is 53.6 Å². The third-order valence-corrected chi connectivity index (χ3v) is 15.8. The van der Waals surface area contributed by atoms with Crippen LogP contribution in [-0.4, -0.2) is 9.55 Å². The third kappa shape index (κ3) is 10.3. The Morgan fingerprint density at radius 2 is 0.961 bits per heavy atom. The summed E-state index contributed by atoms with van der Waals surface area (Å²) < 4.78 is 9.32. The maximum Gasteiger partial charge on any atom is 0.135 e. The SMILES string of the molecule is CC(C)(C)c1cc(Oc2[c-]c3c(cc2)c2ccc(C(C)(C)c4ccccc4)cc2n3-c2cc(C(C)(C)C)ccn2)[c-]c(N2[CH-]N(c3cc(C(C)(C)C)cc(C(C)(C)C)c3)c3cc(C(C)(C)c4ccccc4)ccc32)c1.[Pt]. The molecule has 0 saturated carbocycles. The van der Waals surface area contributed by atoms with Crippen molar-refractivity contribution in [2.24, 2.45) is 0 Å². The second-order valence-electron chi connectivity index (χ2n) is 26.1. The van der Waals surface area contributed by atoms with E-state index in [1.165, 1.54) is 38.9 Å². The van der Waals surface area contributed by atoms with E-state index in [-0.39, 0.29) is 53.6 Å². The summed E-state index contributed by atoms with van der Waals surface area (Å²) in [6.45, 7) is 38.9. The molecule has 394 valence electrons. The summed E-state index contributed by atoms with van der Waals surface area (Å²) in [4.78, 5) is 9.73. The topological polar surface area (TPSA) is 33.5 Å². The number of rotatable bonds is 9. The van der Waals surface area contributed by atoms with Crippen molar-refractivity contribution in [1.82, 2.24) is 9.55 Å². The molecule has 0 amide bonds. The molecule has 0 atom stereocenters. The number of anilines is 4. The van der Waals surface area contributed by atoms with Gasteiger partial charge in [0, 0.05) is 72.2 Å². The van der Waals surface area contributed by atoms with Gasteiger partial charge in [0.25, 0.3) is 0 Å². The number of ether oxygens (including phenoxy) is 1. The van der Waals surface area contributed by atoms with Crippen LogP contribution in [0.5, 0.6) is 11.5 Å². The first-order valence-electron chi connectivity index (χ1n) is 26.8. The quantitative estimate of drug-likeness (QED) is 0.135. The Morgan fingerprint density at radius 1 is 0.421 bits per heavy atom. The van der Waals surface area contributed by atoms with Crippen LogP contribution < -0.4 is 14.5 Å². The number of benzene rings is 7. The van der Waals surface area contributed by atoms with Crippen molar-refractivity contribution >= 4 is 44.6 Å². The van der Waals surface area contributed by atoms with Gasteiger partial charge in [0.15, 0.2) is 0 Å². The van der Waals surface area contributed by atoms with E-state index in [2.05, 4.69) is 290 Å². The first kappa shape index (κ1) is 54.4. The van der Waals surface area contributed by atoms with Crippen molar-refractivity contribution in [3.05, 3.63) is 221 Å². The van der Waals surface area contributed by atoms with E-state index < -0.39 is 0 Å². The summed E-state index contributed by atoms with van der Waals surface area (Å²) in [5.41, 5.74) is 15.3. The van der Waals surface area contributed by atoms with Gasteiger partial charge < -0.3 is 19.1 Å². The third-order valence-electron chi connectivity index (χ3n) is 15.8. The Balaban J connectivity index is 0.00000706. The molecule has 0 bridgehead atoms. The van der Waals surface area contributed by atoms with Crippen LogP contribution in [0.3, 0.4) is 0 Å². The minimum absolute atomic E-state index is 0. The van der Waals surface area contributed by atoms with Crippen molar-refractivity contribution in [2.45, 2.75) is 143 Å². The Kier molecular flexibility index (Phi) is 14.0. The van der Waals surface area contributed by atoms with Gasteiger partial charge in [0.1, 0.15) is 5.82 Å². The van der Waals surface area contributed by atoms with Crippen molar-refractivity contribution in [3.8, 4) is 17.3 Å². The monoisotopic (exact) mass is 1180 g/mol. The van der Waals surface area contributed by atoms with Gasteiger partial charge in [-0.1, -0.05) is 201 Å². The molecule has 1 aliphatic rings. The molecular formula is C70H75N4OPt-3. The van der Waals surface area contributed by atoms with Gasteiger partial charge in [-0.05, 0) is 108 Å². The van der Waals surface area contributed by atoms with Crippen LogP contribution in [0.25, 0.3) is 27.6 Å². The standard InChI is InChI=1S/C70H75N4O.Pt/c1-65(2,3)48-33-34-71-64(42-48)74-61-40-49(69(13,14)46-23-19-17-20-24-46)27-30-58(61)59-31-29-56(44-62(59)74)75-57-39-53(68(10,11)12)38-55(43-57)72-45-73(54-36-51(66(4,5)6)35-52(37-54)67(7,8)9)63-41-50(28-32-60(63)72)70(15,16)47-25-21-18-22-26-47;/h17-42,45H,1-16H3;/q-3;. The minimum atomic E-state index is -0.242. The first-order chi connectivity index (χ1) is 35.2. The fourth-order valence-electron chi connectivity index (χ4n) is 10.5. The molecule has 2 aromatic heterocycles. The van der Waals surface area contributed by atoms with Crippen LogP contribution >= 0.6 is 0 Å². The van der Waals surface area contributed by atoms with E-state index >= 15 is 0 Å². The molecule has 3 heterocycles. The number of hydrogen-bond acceptors (Lipinski definition) is 4. The molecule has 10 rings (SSSR count). The van der Waals surface area contributed by atoms with E-state index in [1.54, 1.807) is 0 Å². The maximum absolute atomic E-state index is 7.04. The molecule has 0 radical (unpaired) electrons. The van der Waals surface area contributed by atoms with Crippen LogP contribution in [0.2, 0.25) is 0 Å². The van der Waals surface area contributed by atoms with Crippen molar-refractivity contribution in [1.29, 1.82) is 0 Å². The molecule has 0 N–H and O–H groups in total. The zero-order valence-corrected chi connectivity index (χ0v) is 49.9. The molecule has 1 aliphatic heterocycles. The number of nitrogens with zero attached hydrogens (tertiary/aromatic N) is 4. The fraction of sp³-hybridized carbons (Fsp3) is 0.314. The van der Waals surface area contributed by atoms with Crippen molar-refractivity contribution in [3.63, 3.8) is 0 Å². The van der Waals surface area contributed by atoms with Crippen LogP contribution in [0.15, 0.2) is 158 Å². The zero-order chi connectivity index (χ0) is 53.6. The average molecular weight is 1180 g/mol. The van der Waals surface area contributed by atoms with Gasteiger partial charge >= 0.3 is 0 Å². The normalized spacial score (nSPS) is 13.6. The Morgan fingerprint density at radius 3 is 1.54 bits per heavy atom. The summed E-state index contributed by atoms with van der Waals surface area (Å²) in [5, 5.41) is 2.22.